The van der Waals surface area contributed by atoms with Crippen LogP contribution < -0.4 is 0 Å². The van der Waals surface area contributed by atoms with E-state index in [0.29, 0.717) is 11.8 Å². The molecule has 4 aromatic carbocycles. The molecule has 0 spiro atoms. The second-order valence-corrected chi connectivity index (χ2v) is 12.3. The van der Waals surface area contributed by atoms with E-state index in [1.807, 2.05) is 12.3 Å². The summed E-state index contributed by atoms with van der Waals surface area (Å²) >= 11 is 0. The number of aryl methyl sites for hydroxylation is 1. The Labute approximate surface area is 253 Å². The highest BCUT2D eigenvalue weighted by molar-refractivity contribution is 5.98. The van der Waals surface area contributed by atoms with E-state index in [0.717, 1.165) is 40.5 Å². The Morgan fingerprint density at radius 1 is 0.744 bits per heavy atom. The van der Waals surface area contributed by atoms with Crippen molar-refractivity contribution >= 4 is 27.9 Å². The quantitative estimate of drug-likeness (QED) is 0.203. The molecule has 2 aromatic heterocycles. The molecule has 2 aliphatic carbocycles. The summed E-state index contributed by atoms with van der Waals surface area (Å²) < 4.78 is 0. The Bertz CT molecular complexity index is 2040. The monoisotopic (exact) mass is 554 g/mol. The molecule has 0 amide bonds. The van der Waals surface area contributed by atoms with E-state index in [1.54, 1.807) is 0 Å². The van der Waals surface area contributed by atoms with Crippen molar-refractivity contribution < 1.29 is 0 Å². The van der Waals surface area contributed by atoms with Crippen LogP contribution in [0.1, 0.15) is 48.8 Å². The maximum Gasteiger partial charge on any atom is 0.0780 e. The number of hydrogen-bond donors (Lipinski definition) is 0. The van der Waals surface area contributed by atoms with Crippen LogP contribution in [0.25, 0.3) is 61.4 Å². The molecule has 2 unspecified atom stereocenters. The lowest BCUT2D eigenvalue weighted by Crippen LogP contribution is -2.07. The molecular formula is C41H34N2. The van der Waals surface area contributed by atoms with Crippen molar-refractivity contribution in [2.24, 2.45) is 5.92 Å². The zero-order valence-corrected chi connectivity index (χ0v) is 24.5. The van der Waals surface area contributed by atoms with Gasteiger partial charge >= 0.3 is 0 Å². The van der Waals surface area contributed by atoms with Gasteiger partial charge in [0.2, 0.25) is 0 Å². The van der Waals surface area contributed by atoms with Crippen molar-refractivity contribution in [2.45, 2.75) is 38.5 Å². The standard InChI is InChI=1S/C41H34N2/c1-27-7-4-11-32(23-27)34-20-21-37-38(26-39(43-40(37)25-34)35-19-14-28-8-2-3-9-33(28)24-35)30-17-15-29(16-18-30)36-13-5-10-31-12-6-22-42-41(31)36/h3-6,9-22,24-27,32H,2,7-8,23H2,1H3. The third-order valence-corrected chi connectivity index (χ3v) is 9.28. The molecule has 0 radical (unpaired) electrons. The molecule has 0 fully saturated rings. The van der Waals surface area contributed by atoms with Gasteiger partial charge in [-0.1, -0.05) is 104 Å². The summed E-state index contributed by atoms with van der Waals surface area (Å²) in [7, 11) is 0. The van der Waals surface area contributed by atoms with Crippen LogP contribution in [0.4, 0.5) is 0 Å². The Morgan fingerprint density at radius 3 is 2.47 bits per heavy atom. The topological polar surface area (TPSA) is 25.8 Å². The molecule has 0 saturated heterocycles. The van der Waals surface area contributed by atoms with Crippen LogP contribution in [-0.4, -0.2) is 9.97 Å². The highest BCUT2D eigenvalue weighted by atomic mass is 14.7. The lowest BCUT2D eigenvalue weighted by Gasteiger charge is -2.22. The van der Waals surface area contributed by atoms with Crippen molar-refractivity contribution in [1.29, 1.82) is 0 Å². The molecule has 0 saturated carbocycles. The maximum atomic E-state index is 5.30. The minimum Gasteiger partial charge on any atom is -0.256 e. The number of para-hydroxylation sites is 1. The number of pyridine rings is 2. The first-order valence-corrected chi connectivity index (χ1v) is 15.6. The van der Waals surface area contributed by atoms with Crippen molar-refractivity contribution in [3.8, 4) is 33.5 Å². The Hall–Kier alpha value is -4.82. The van der Waals surface area contributed by atoms with Crippen molar-refractivity contribution in [2.75, 3.05) is 0 Å². The maximum absolute atomic E-state index is 5.30. The van der Waals surface area contributed by atoms with E-state index in [4.69, 9.17) is 4.98 Å². The summed E-state index contributed by atoms with van der Waals surface area (Å²) in [6.07, 6.45) is 15.8. The molecule has 208 valence electrons. The van der Waals surface area contributed by atoms with Gasteiger partial charge in [-0.25, -0.2) is 4.98 Å². The van der Waals surface area contributed by atoms with Gasteiger partial charge in [0.25, 0.3) is 0 Å². The number of hydrogen-bond acceptors (Lipinski definition) is 2. The Morgan fingerprint density at radius 2 is 1.58 bits per heavy atom. The molecule has 6 aromatic rings. The summed E-state index contributed by atoms with van der Waals surface area (Å²) in [6, 6.07) is 35.6. The van der Waals surface area contributed by atoms with Gasteiger partial charge in [0.05, 0.1) is 16.7 Å². The first-order chi connectivity index (χ1) is 21.2. The lowest BCUT2D eigenvalue weighted by atomic mass is 9.83. The normalized spacial score (nSPS) is 17.8. The van der Waals surface area contributed by atoms with E-state index < -0.39 is 0 Å². The van der Waals surface area contributed by atoms with Crippen LogP contribution in [-0.2, 0) is 6.42 Å². The smallest absolute Gasteiger partial charge is 0.0780 e. The predicted octanol–water partition coefficient (Wildman–Crippen LogP) is 10.8. The van der Waals surface area contributed by atoms with Gasteiger partial charge in [-0.3, -0.25) is 4.98 Å². The predicted molar refractivity (Wildman–Crippen MR) is 181 cm³/mol. The molecule has 2 nitrogen and oxygen atoms in total. The second-order valence-electron chi connectivity index (χ2n) is 12.3. The van der Waals surface area contributed by atoms with Gasteiger partial charge < -0.3 is 0 Å². The molecule has 2 atom stereocenters. The zero-order valence-electron chi connectivity index (χ0n) is 24.5. The van der Waals surface area contributed by atoms with Crippen LogP contribution in [0.5, 0.6) is 0 Å². The van der Waals surface area contributed by atoms with E-state index in [9.17, 15) is 0 Å². The summed E-state index contributed by atoms with van der Waals surface area (Å²) in [5, 5.41) is 2.35. The first kappa shape index (κ1) is 25.9. The molecule has 8 rings (SSSR count). The van der Waals surface area contributed by atoms with Crippen molar-refractivity contribution in [3.05, 3.63) is 138 Å². The lowest BCUT2D eigenvalue weighted by molar-refractivity contribution is 0.489. The first-order valence-electron chi connectivity index (χ1n) is 15.6. The van der Waals surface area contributed by atoms with E-state index >= 15 is 0 Å². The fourth-order valence-electron chi connectivity index (χ4n) is 6.95. The highest BCUT2D eigenvalue weighted by Gasteiger charge is 2.18. The van der Waals surface area contributed by atoms with Gasteiger partial charge in [-0.2, -0.15) is 0 Å². The minimum absolute atomic E-state index is 0.449. The Balaban J connectivity index is 1.26. The van der Waals surface area contributed by atoms with Crippen LogP contribution in [0.2, 0.25) is 0 Å². The largest absolute Gasteiger partial charge is 0.256 e. The van der Waals surface area contributed by atoms with Gasteiger partial charge in [-0.15, -0.1) is 0 Å². The van der Waals surface area contributed by atoms with Crippen LogP contribution in [0.15, 0.2) is 121 Å². The van der Waals surface area contributed by atoms with Crippen LogP contribution in [0.3, 0.4) is 0 Å². The summed E-state index contributed by atoms with van der Waals surface area (Å²) in [5.74, 6) is 1.16. The SMILES string of the molecule is CC1CC=CC(c2ccc3c(-c4ccc(-c5cccc6cccnc56)cc4)cc(-c4ccc5c(c4)C=CCC5)nc3c2)C1. The third-order valence-electron chi connectivity index (χ3n) is 9.28. The number of rotatable bonds is 4. The fraction of sp³-hybridized carbons (Fsp3) is 0.171. The van der Waals surface area contributed by atoms with Gasteiger partial charge in [0.15, 0.2) is 0 Å². The molecule has 2 aliphatic rings. The molecule has 0 bridgehead atoms. The van der Waals surface area contributed by atoms with Crippen molar-refractivity contribution in [3.63, 3.8) is 0 Å². The molecular weight excluding hydrogens is 520 g/mol. The van der Waals surface area contributed by atoms with Gasteiger partial charge in [0, 0.05) is 34.0 Å². The zero-order chi connectivity index (χ0) is 28.8. The summed E-state index contributed by atoms with van der Waals surface area (Å²) in [6.45, 7) is 2.36. The molecule has 43 heavy (non-hydrogen) atoms. The van der Waals surface area contributed by atoms with Gasteiger partial charge in [0.1, 0.15) is 0 Å². The average molecular weight is 555 g/mol. The molecule has 0 aliphatic heterocycles. The van der Waals surface area contributed by atoms with E-state index in [-0.39, 0.29) is 0 Å². The number of nitrogens with zero attached hydrogens (tertiary/aromatic N) is 2. The summed E-state index contributed by atoms with van der Waals surface area (Å²) in [5.41, 5.74) is 13.1. The average Bonchev–Trinajstić information content (AvgIpc) is 3.07. The third kappa shape index (κ3) is 4.87. The van der Waals surface area contributed by atoms with E-state index in [1.165, 1.54) is 57.2 Å². The molecule has 2 heterocycles. The van der Waals surface area contributed by atoms with Crippen LogP contribution in [0, 0.1) is 5.92 Å². The summed E-state index contributed by atoms with van der Waals surface area (Å²) in [4.78, 5) is 9.99. The van der Waals surface area contributed by atoms with Gasteiger partial charge in [-0.05, 0) is 89.2 Å². The molecule has 2 heteroatoms. The van der Waals surface area contributed by atoms with Crippen LogP contribution >= 0.6 is 0 Å². The fourth-order valence-corrected chi connectivity index (χ4v) is 6.95. The Kier molecular flexibility index (Phi) is 6.48. The number of fused-ring (bicyclic) bond motifs is 3. The number of benzene rings is 4. The number of allylic oxidation sites excluding steroid dienone is 3. The minimum atomic E-state index is 0.449. The molecule has 0 N–H and O–H groups in total. The second kappa shape index (κ2) is 10.8. The highest BCUT2D eigenvalue weighted by Crippen LogP contribution is 2.38. The number of aromatic nitrogens is 2. The van der Waals surface area contributed by atoms with E-state index in [2.05, 4.69) is 127 Å². The van der Waals surface area contributed by atoms with Crippen molar-refractivity contribution in [1.82, 2.24) is 9.97 Å².